The second kappa shape index (κ2) is 8.93. The van der Waals surface area contributed by atoms with Crippen LogP contribution in [0.25, 0.3) is 0 Å². The Labute approximate surface area is 153 Å². The number of carbonyl (C=O) groups is 3. The van der Waals surface area contributed by atoms with Crippen molar-refractivity contribution in [1.82, 2.24) is 5.32 Å². The van der Waals surface area contributed by atoms with Crippen molar-refractivity contribution in [3.8, 4) is 0 Å². The topological polar surface area (TPSA) is 107 Å². The minimum absolute atomic E-state index is 0.0161. The summed E-state index contributed by atoms with van der Waals surface area (Å²) in [5.74, 6) is -1.54. The molecule has 7 nitrogen and oxygen atoms in total. The third-order valence-corrected chi connectivity index (χ3v) is 6.09. The molecule has 1 aliphatic rings. The summed E-state index contributed by atoms with van der Waals surface area (Å²) in [6.45, 7) is 0.900. The van der Waals surface area contributed by atoms with Crippen molar-refractivity contribution in [3.05, 3.63) is 35.9 Å². The first-order chi connectivity index (χ1) is 12.2. The van der Waals surface area contributed by atoms with Crippen LogP contribution in [0.5, 0.6) is 0 Å². The molecular weight excluding hydrogens is 358 g/mol. The Kier molecular flexibility index (Phi) is 6.90. The average molecular weight is 381 g/mol. The maximum absolute atomic E-state index is 12.0. The summed E-state index contributed by atoms with van der Waals surface area (Å²) in [7, 11) is -3.05. The molecule has 1 aliphatic heterocycles. The van der Waals surface area contributed by atoms with Gasteiger partial charge < -0.3 is 10.1 Å². The minimum atomic E-state index is -3.05. The van der Waals surface area contributed by atoms with Crippen molar-refractivity contribution in [2.45, 2.75) is 32.2 Å². The highest BCUT2D eigenvalue weighted by Gasteiger charge is 2.30. The molecule has 142 valence electrons. The molecule has 2 rings (SSSR count). The molecule has 1 aromatic rings. The summed E-state index contributed by atoms with van der Waals surface area (Å²) in [5, 5.41) is 2.57. The van der Waals surface area contributed by atoms with Crippen LogP contribution in [0.3, 0.4) is 0 Å². The van der Waals surface area contributed by atoms with Gasteiger partial charge in [0.15, 0.2) is 22.2 Å². The highest BCUT2D eigenvalue weighted by Crippen LogP contribution is 2.21. The van der Waals surface area contributed by atoms with Crippen molar-refractivity contribution in [2.24, 2.45) is 5.92 Å². The fourth-order valence-electron chi connectivity index (χ4n) is 2.86. The number of esters is 1. The van der Waals surface area contributed by atoms with Gasteiger partial charge in [-0.25, -0.2) is 8.42 Å². The van der Waals surface area contributed by atoms with E-state index in [4.69, 9.17) is 4.74 Å². The highest BCUT2D eigenvalue weighted by atomic mass is 32.2. The number of amides is 1. The maximum Gasteiger partial charge on any atom is 0.306 e. The molecule has 0 spiro atoms. The molecule has 1 fully saturated rings. The smallest absolute Gasteiger partial charge is 0.306 e. The normalized spacial score (nSPS) is 19.5. The number of Topliss-reactive ketones (excluding diaryl/α,β-unsaturated/α-hetero) is 1. The van der Waals surface area contributed by atoms with Gasteiger partial charge in [-0.2, -0.15) is 0 Å². The van der Waals surface area contributed by atoms with Crippen LogP contribution in [-0.4, -0.2) is 50.2 Å². The molecule has 2 atom stereocenters. The molecule has 0 bridgehead atoms. The number of ketones is 1. The van der Waals surface area contributed by atoms with E-state index in [2.05, 4.69) is 5.32 Å². The molecule has 8 heteroatoms. The van der Waals surface area contributed by atoms with E-state index in [1.54, 1.807) is 0 Å². The summed E-state index contributed by atoms with van der Waals surface area (Å²) in [6, 6.07) is 8.58. The first kappa shape index (κ1) is 20.1. The molecule has 0 unspecified atom stereocenters. The molecule has 0 saturated carbocycles. The zero-order valence-electron chi connectivity index (χ0n) is 14.6. The zero-order valence-corrected chi connectivity index (χ0v) is 15.5. The second-order valence-corrected chi connectivity index (χ2v) is 8.78. The van der Waals surface area contributed by atoms with Crippen LogP contribution in [-0.2, 0) is 35.4 Å². The van der Waals surface area contributed by atoms with Crippen LogP contribution < -0.4 is 5.32 Å². The van der Waals surface area contributed by atoms with Gasteiger partial charge in [0, 0.05) is 6.42 Å². The van der Waals surface area contributed by atoms with Crippen molar-refractivity contribution in [3.63, 3.8) is 0 Å². The number of hydrogen-bond donors (Lipinski definition) is 1. The van der Waals surface area contributed by atoms with Crippen molar-refractivity contribution >= 4 is 27.5 Å². The van der Waals surface area contributed by atoms with Gasteiger partial charge >= 0.3 is 5.97 Å². The maximum atomic E-state index is 12.0. The van der Waals surface area contributed by atoms with E-state index >= 15 is 0 Å². The van der Waals surface area contributed by atoms with Gasteiger partial charge in [0.25, 0.3) is 5.91 Å². The van der Waals surface area contributed by atoms with E-state index in [-0.39, 0.29) is 29.6 Å². The van der Waals surface area contributed by atoms with Gasteiger partial charge in [0.1, 0.15) is 0 Å². The van der Waals surface area contributed by atoms with Gasteiger partial charge in [0.05, 0.1) is 17.5 Å². The number of benzene rings is 1. The van der Waals surface area contributed by atoms with Crippen LogP contribution in [0.1, 0.15) is 25.3 Å². The Morgan fingerprint density at radius 3 is 2.50 bits per heavy atom. The monoisotopic (exact) mass is 381 g/mol. The largest absolute Gasteiger partial charge is 0.456 e. The van der Waals surface area contributed by atoms with E-state index < -0.39 is 34.4 Å². The number of hydrogen-bond acceptors (Lipinski definition) is 6. The molecule has 0 radical (unpaired) electrons. The molecule has 1 saturated heterocycles. The van der Waals surface area contributed by atoms with Crippen LogP contribution in [0.15, 0.2) is 30.3 Å². The van der Waals surface area contributed by atoms with Gasteiger partial charge in [-0.05, 0) is 31.2 Å². The van der Waals surface area contributed by atoms with E-state index in [0.29, 0.717) is 12.8 Å². The van der Waals surface area contributed by atoms with Crippen LogP contribution in [0.2, 0.25) is 0 Å². The fraction of sp³-hybridized carbons (Fsp3) is 0.500. The molecule has 0 aliphatic carbocycles. The molecule has 26 heavy (non-hydrogen) atoms. The summed E-state index contributed by atoms with van der Waals surface area (Å²) < 4.78 is 27.7. The zero-order chi connectivity index (χ0) is 19.2. The summed E-state index contributed by atoms with van der Waals surface area (Å²) in [5.41, 5.74) is 0.910. The fourth-order valence-corrected chi connectivity index (χ4v) is 4.72. The third-order valence-electron chi connectivity index (χ3n) is 4.25. The summed E-state index contributed by atoms with van der Waals surface area (Å²) in [6.07, 6.45) is 0.773. The molecular formula is C18H23NO6S. The standard InChI is InChI=1S/C18H23NO6S/c1-13(20)16(9-14-5-3-2-4-6-14)19-17(21)11-25-18(22)10-15-7-8-26(23,24)12-15/h2-6,15-16H,7-12H2,1H3,(H,19,21)/t15-,16-/m0/s1. The van der Waals surface area contributed by atoms with Gasteiger partial charge in [0.2, 0.25) is 0 Å². The van der Waals surface area contributed by atoms with E-state index in [9.17, 15) is 22.8 Å². The highest BCUT2D eigenvalue weighted by molar-refractivity contribution is 7.91. The van der Waals surface area contributed by atoms with Crippen molar-refractivity contribution in [2.75, 3.05) is 18.1 Å². The quantitative estimate of drug-likeness (QED) is 0.664. The molecule has 1 amide bonds. The van der Waals surface area contributed by atoms with Gasteiger partial charge in [-0.1, -0.05) is 30.3 Å². The van der Waals surface area contributed by atoms with Crippen molar-refractivity contribution < 1.29 is 27.5 Å². The Balaban J connectivity index is 1.77. The predicted molar refractivity (Wildman–Crippen MR) is 95.1 cm³/mol. The van der Waals surface area contributed by atoms with Gasteiger partial charge in [-0.3, -0.25) is 14.4 Å². The number of sulfone groups is 1. The van der Waals surface area contributed by atoms with E-state index in [1.807, 2.05) is 30.3 Å². The lowest BCUT2D eigenvalue weighted by atomic mass is 10.0. The molecule has 1 N–H and O–H groups in total. The van der Waals surface area contributed by atoms with E-state index in [0.717, 1.165) is 5.56 Å². The Morgan fingerprint density at radius 2 is 1.92 bits per heavy atom. The van der Waals surface area contributed by atoms with Crippen LogP contribution in [0, 0.1) is 5.92 Å². The first-order valence-electron chi connectivity index (χ1n) is 8.45. The van der Waals surface area contributed by atoms with Crippen LogP contribution >= 0.6 is 0 Å². The third kappa shape index (κ3) is 6.59. The van der Waals surface area contributed by atoms with Gasteiger partial charge in [-0.15, -0.1) is 0 Å². The molecule has 0 aromatic heterocycles. The van der Waals surface area contributed by atoms with Crippen molar-refractivity contribution in [1.29, 1.82) is 0 Å². The summed E-state index contributed by atoms with van der Waals surface area (Å²) in [4.78, 5) is 35.5. The van der Waals surface area contributed by atoms with E-state index in [1.165, 1.54) is 6.92 Å². The number of carbonyl (C=O) groups excluding carboxylic acids is 3. The molecule has 1 aromatic carbocycles. The minimum Gasteiger partial charge on any atom is -0.456 e. The Bertz CT molecular complexity index is 759. The summed E-state index contributed by atoms with van der Waals surface area (Å²) >= 11 is 0. The number of nitrogens with one attached hydrogen (secondary N) is 1. The van der Waals surface area contributed by atoms with Crippen LogP contribution in [0.4, 0.5) is 0 Å². The SMILES string of the molecule is CC(=O)[C@H](Cc1ccccc1)NC(=O)COC(=O)C[C@@H]1CCS(=O)(=O)C1. The number of ether oxygens (including phenoxy) is 1. The molecule has 1 heterocycles. The lowest BCUT2D eigenvalue weighted by Gasteiger charge is -2.16. The predicted octanol–water partition coefficient (Wildman–Crippen LogP) is 0.671. The second-order valence-electron chi connectivity index (χ2n) is 6.55. The lowest BCUT2D eigenvalue weighted by molar-refractivity contribution is -0.149. The average Bonchev–Trinajstić information content (AvgIpc) is 2.91. The lowest BCUT2D eigenvalue weighted by Crippen LogP contribution is -2.43. The number of rotatable bonds is 8. The first-order valence-corrected chi connectivity index (χ1v) is 10.3. The Morgan fingerprint density at radius 1 is 1.23 bits per heavy atom. The Hall–Kier alpha value is -2.22.